The van der Waals surface area contributed by atoms with Gasteiger partial charge >= 0.3 is 0 Å². The number of amides is 1. The van der Waals surface area contributed by atoms with Crippen molar-refractivity contribution in [3.8, 4) is 0 Å². The molecule has 1 heterocycles. The SMILES string of the molecule is CN.NC(=O)COCCCCCN1CCCCC1. The van der Waals surface area contributed by atoms with Gasteiger partial charge in [0.15, 0.2) is 0 Å². The van der Waals surface area contributed by atoms with Gasteiger partial charge in [-0.05, 0) is 58.8 Å². The Morgan fingerprint density at radius 2 is 1.78 bits per heavy atom. The van der Waals surface area contributed by atoms with Crippen molar-refractivity contribution < 1.29 is 9.53 Å². The van der Waals surface area contributed by atoms with Crippen LogP contribution in [0.2, 0.25) is 0 Å². The Labute approximate surface area is 111 Å². The molecular weight excluding hydrogens is 230 g/mol. The molecule has 1 rings (SSSR count). The quantitative estimate of drug-likeness (QED) is 0.629. The van der Waals surface area contributed by atoms with Crippen LogP contribution in [0.25, 0.3) is 0 Å². The minimum atomic E-state index is -0.381. The molecular formula is C13H29N3O2. The Hall–Kier alpha value is -0.650. The molecule has 1 saturated heterocycles. The Balaban J connectivity index is 0.00000137. The maximum atomic E-state index is 10.4. The third kappa shape index (κ3) is 10.5. The molecule has 0 aromatic carbocycles. The van der Waals surface area contributed by atoms with E-state index in [1.54, 1.807) is 0 Å². The molecule has 0 radical (unpaired) electrons. The number of piperidine rings is 1. The number of nitrogens with zero attached hydrogens (tertiary/aromatic N) is 1. The summed E-state index contributed by atoms with van der Waals surface area (Å²) >= 11 is 0. The first-order valence-electron chi connectivity index (χ1n) is 6.95. The van der Waals surface area contributed by atoms with Crippen molar-refractivity contribution >= 4 is 5.91 Å². The van der Waals surface area contributed by atoms with Gasteiger partial charge in [0.1, 0.15) is 6.61 Å². The predicted octanol–water partition coefficient (Wildman–Crippen LogP) is 0.719. The molecule has 0 saturated carbocycles. The van der Waals surface area contributed by atoms with Crippen molar-refractivity contribution in [2.24, 2.45) is 11.5 Å². The molecule has 1 amide bonds. The average molecular weight is 259 g/mol. The van der Waals surface area contributed by atoms with Crippen LogP contribution in [0.15, 0.2) is 0 Å². The van der Waals surface area contributed by atoms with Crippen LogP contribution in [0, 0.1) is 0 Å². The van der Waals surface area contributed by atoms with E-state index in [0.717, 1.165) is 6.42 Å². The number of hydrogen-bond acceptors (Lipinski definition) is 4. The van der Waals surface area contributed by atoms with E-state index < -0.39 is 0 Å². The van der Waals surface area contributed by atoms with Crippen molar-refractivity contribution in [2.45, 2.75) is 38.5 Å². The van der Waals surface area contributed by atoms with Crippen LogP contribution in [0.3, 0.4) is 0 Å². The fourth-order valence-corrected chi connectivity index (χ4v) is 2.07. The van der Waals surface area contributed by atoms with Gasteiger partial charge in [-0.3, -0.25) is 4.79 Å². The molecule has 1 aliphatic rings. The van der Waals surface area contributed by atoms with Crippen LogP contribution in [-0.2, 0) is 9.53 Å². The number of carbonyl (C=O) groups is 1. The van der Waals surface area contributed by atoms with Gasteiger partial charge in [0, 0.05) is 6.61 Å². The molecule has 1 aliphatic heterocycles. The second-order valence-corrected chi connectivity index (χ2v) is 4.48. The summed E-state index contributed by atoms with van der Waals surface area (Å²) in [6, 6.07) is 0. The highest BCUT2D eigenvalue weighted by molar-refractivity contribution is 5.74. The molecule has 5 nitrogen and oxygen atoms in total. The van der Waals surface area contributed by atoms with E-state index in [4.69, 9.17) is 10.5 Å². The molecule has 4 N–H and O–H groups in total. The second-order valence-electron chi connectivity index (χ2n) is 4.48. The molecule has 0 spiro atoms. The third-order valence-corrected chi connectivity index (χ3v) is 2.96. The summed E-state index contributed by atoms with van der Waals surface area (Å²) in [7, 11) is 1.50. The van der Waals surface area contributed by atoms with Crippen LogP contribution in [-0.4, -0.2) is 50.7 Å². The topological polar surface area (TPSA) is 81.6 Å². The first-order chi connectivity index (χ1) is 8.79. The average Bonchev–Trinajstić information content (AvgIpc) is 2.41. The zero-order valence-corrected chi connectivity index (χ0v) is 11.7. The minimum absolute atomic E-state index is 0.0616. The first-order valence-corrected chi connectivity index (χ1v) is 6.95. The third-order valence-electron chi connectivity index (χ3n) is 2.96. The monoisotopic (exact) mass is 259 g/mol. The summed E-state index contributed by atoms with van der Waals surface area (Å²) in [5.74, 6) is -0.381. The fourth-order valence-electron chi connectivity index (χ4n) is 2.07. The standard InChI is InChI=1S/C12H24N2O2.CH5N/c13-12(15)11-16-10-6-2-5-9-14-7-3-1-4-8-14;1-2/h1-11H2,(H2,13,15);2H2,1H3. The van der Waals surface area contributed by atoms with Gasteiger partial charge in [0.05, 0.1) is 0 Å². The highest BCUT2D eigenvalue weighted by Crippen LogP contribution is 2.09. The van der Waals surface area contributed by atoms with Crippen LogP contribution in [0.4, 0.5) is 0 Å². The Bertz CT molecular complexity index is 195. The number of ether oxygens (including phenoxy) is 1. The first kappa shape index (κ1) is 17.4. The molecule has 0 unspecified atom stereocenters. The summed E-state index contributed by atoms with van der Waals surface area (Å²) in [6.45, 7) is 4.49. The molecule has 0 aromatic heterocycles. The molecule has 0 atom stereocenters. The summed E-state index contributed by atoms with van der Waals surface area (Å²) in [4.78, 5) is 12.9. The van der Waals surface area contributed by atoms with E-state index in [0.29, 0.717) is 6.61 Å². The summed E-state index contributed by atoms with van der Waals surface area (Å²) in [5.41, 5.74) is 9.46. The molecule has 108 valence electrons. The summed E-state index contributed by atoms with van der Waals surface area (Å²) in [6.07, 6.45) is 7.57. The minimum Gasteiger partial charge on any atom is -0.372 e. The number of unbranched alkanes of at least 4 members (excludes halogenated alkanes) is 2. The van der Waals surface area contributed by atoms with Crippen molar-refractivity contribution in [3.05, 3.63) is 0 Å². The predicted molar refractivity (Wildman–Crippen MR) is 74.3 cm³/mol. The Morgan fingerprint density at radius 3 is 2.39 bits per heavy atom. The lowest BCUT2D eigenvalue weighted by atomic mass is 10.1. The van der Waals surface area contributed by atoms with Gasteiger partial charge in [0.25, 0.3) is 0 Å². The maximum absolute atomic E-state index is 10.4. The smallest absolute Gasteiger partial charge is 0.243 e. The van der Waals surface area contributed by atoms with Gasteiger partial charge in [-0.15, -0.1) is 0 Å². The molecule has 0 aromatic rings. The van der Waals surface area contributed by atoms with E-state index in [1.165, 1.54) is 58.8 Å². The lowest BCUT2D eigenvalue weighted by Gasteiger charge is -2.26. The van der Waals surface area contributed by atoms with E-state index in [-0.39, 0.29) is 12.5 Å². The van der Waals surface area contributed by atoms with E-state index in [9.17, 15) is 4.79 Å². The number of carbonyl (C=O) groups excluding carboxylic acids is 1. The van der Waals surface area contributed by atoms with Crippen LogP contribution < -0.4 is 11.5 Å². The zero-order valence-electron chi connectivity index (χ0n) is 11.7. The summed E-state index contributed by atoms with van der Waals surface area (Å²) in [5, 5.41) is 0. The summed E-state index contributed by atoms with van der Waals surface area (Å²) < 4.78 is 5.10. The van der Waals surface area contributed by atoms with Gasteiger partial charge in [0.2, 0.25) is 5.91 Å². The van der Waals surface area contributed by atoms with Gasteiger partial charge in [-0.25, -0.2) is 0 Å². The van der Waals surface area contributed by atoms with Crippen LogP contribution in [0.5, 0.6) is 0 Å². The normalized spacial score (nSPS) is 15.9. The zero-order chi connectivity index (χ0) is 13.6. The lowest BCUT2D eigenvalue weighted by molar-refractivity contribution is -0.122. The van der Waals surface area contributed by atoms with Crippen molar-refractivity contribution in [1.29, 1.82) is 0 Å². The van der Waals surface area contributed by atoms with Gasteiger partial charge in [-0.2, -0.15) is 0 Å². The highest BCUT2D eigenvalue weighted by Gasteiger charge is 2.08. The van der Waals surface area contributed by atoms with Crippen LogP contribution in [0.1, 0.15) is 38.5 Å². The lowest BCUT2D eigenvalue weighted by Crippen LogP contribution is -2.30. The number of hydrogen-bond donors (Lipinski definition) is 2. The molecule has 0 bridgehead atoms. The van der Waals surface area contributed by atoms with Crippen molar-refractivity contribution in [3.63, 3.8) is 0 Å². The number of rotatable bonds is 8. The Morgan fingerprint density at radius 1 is 1.11 bits per heavy atom. The largest absolute Gasteiger partial charge is 0.372 e. The Kier molecular flexibility index (Phi) is 12.3. The number of likely N-dealkylation sites (tertiary alicyclic amines) is 1. The molecule has 5 heteroatoms. The fraction of sp³-hybridized carbons (Fsp3) is 0.923. The van der Waals surface area contributed by atoms with E-state index >= 15 is 0 Å². The molecule has 1 fully saturated rings. The van der Waals surface area contributed by atoms with E-state index in [1.807, 2.05) is 0 Å². The van der Waals surface area contributed by atoms with Gasteiger partial charge < -0.3 is 21.1 Å². The van der Waals surface area contributed by atoms with Crippen LogP contribution >= 0.6 is 0 Å². The highest BCUT2D eigenvalue weighted by atomic mass is 16.5. The van der Waals surface area contributed by atoms with Gasteiger partial charge in [-0.1, -0.05) is 6.42 Å². The number of nitrogens with two attached hydrogens (primary N) is 2. The van der Waals surface area contributed by atoms with Crippen molar-refractivity contribution in [1.82, 2.24) is 4.90 Å². The second kappa shape index (κ2) is 12.8. The maximum Gasteiger partial charge on any atom is 0.243 e. The van der Waals surface area contributed by atoms with Crippen molar-refractivity contribution in [2.75, 3.05) is 39.9 Å². The molecule has 18 heavy (non-hydrogen) atoms. The number of primary amides is 1. The molecule has 0 aliphatic carbocycles. The van der Waals surface area contributed by atoms with E-state index in [2.05, 4.69) is 10.6 Å².